The van der Waals surface area contributed by atoms with Crippen LogP contribution >= 0.6 is 34.8 Å². The summed E-state index contributed by atoms with van der Waals surface area (Å²) in [5, 5.41) is 4.27. The molecule has 182 valence electrons. The molecule has 0 aromatic heterocycles. The Morgan fingerprint density at radius 2 is 1.54 bits per heavy atom. The van der Waals surface area contributed by atoms with Gasteiger partial charge in [0.05, 0.1) is 19.8 Å². The van der Waals surface area contributed by atoms with Crippen molar-refractivity contribution in [3.8, 4) is 0 Å². The van der Waals surface area contributed by atoms with E-state index in [-0.39, 0.29) is 12.5 Å². The molecular weight excluding hydrogens is 505 g/mol. The lowest BCUT2D eigenvalue weighted by molar-refractivity contribution is -0.122. The molecule has 35 heavy (non-hydrogen) atoms. The lowest BCUT2D eigenvalue weighted by Gasteiger charge is -2.31. The van der Waals surface area contributed by atoms with Crippen LogP contribution in [0.4, 0.5) is 0 Å². The van der Waals surface area contributed by atoms with Gasteiger partial charge in [-0.3, -0.25) is 4.79 Å². The Labute approximate surface area is 220 Å². The van der Waals surface area contributed by atoms with Crippen molar-refractivity contribution in [2.24, 2.45) is 0 Å². The van der Waals surface area contributed by atoms with Crippen molar-refractivity contribution in [2.45, 2.75) is 24.8 Å². The highest BCUT2D eigenvalue weighted by molar-refractivity contribution is 6.30. The molecule has 3 aromatic rings. The number of carbonyl (C=O) groups is 1. The van der Waals surface area contributed by atoms with E-state index < -0.39 is 11.6 Å². The van der Waals surface area contributed by atoms with Crippen molar-refractivity contribution in [2.75, 3.05) is 13.2 Å². The molecule has 1 aliphatic rings. The third-order valence-corrected chi connectivity index (χ3v) is 6.58. The Balaban J connectivity index is 1.36. The Morgan fingerprint density at radius 1 is 0.886 bits per heavy atom. The molecule has 4 rings (SSSR count). The van der Waals surface area contributed by atoms with Gasteiger partial charge >= 0.3 is 0 Å². The molecule has 0 saturated heterocycles. The summed E-state index contributed by atoms with van der Waals surface area (Å²) in [5.41, 5.74) is 2.46. The number of hydrogen-bond acceptors (Lipinski definition) is 4. The largest absolute Gasteiger partial charge is 0.365 e. The fourth-order valence-corrected chi connectivity index (χ4v) is 4.31. The van der Waals surface area contributed by atoms with Gasteiger partial charge in [-0.25, -0.2) is 0 Å². The van der Waals surface area contributed by atoms with Crippen molar-refractivity contribution in [1.29, 1.82) is 0 Å². The molecule has 1 aliphatic heterocycles. The zero-order valence-corrected chi connectivity index (χ0v) is 21.3. The van der Waals surface area contributed by atoms with Gasteiger partial charge < -0.3 is 19.9 Å². The average molecular weight is 531 g/mol. The van der Waals surface area contributed by atoms with Crippen molar-refractivity contribution in [3.63, 3.8) is 0 Å². The van der Waals surface area contributed by atoms with Crippen molar-refractivity contribution in [1.82, 2.24) is 15.1 Å². The number of rotatable bonds is 10. The minimum absolute atomic E-state index is 0.0558. The van der Waals surface area contributed by atoms with Crippen LogP contribution in [-0.2, 0) is 22.7 Å². The number of nitrogens with zero attached hydrogens (tertiary/aromatic N) is 2. The van der Waals surface area contributed by atoms with Gasteiger partial charge in [0.1, 0.15) is 11.6 Å². The van der Waals surface area contributed by atoms with Crippen LogP contribution in [0.5, 0.6) is 0 Å². The molecule has 2 unspecified atom stereocenters. The van der Waals surface area contributed by atoms with E-state index in [2.05, 4.69) is 5.32 Å². The summed E-state index contributed by atoms with van der Waals surface area (Å²) >= 11 is 19.0. The standard InChI is InChI=1S/C27H26Cl3N3O2/c28-23-10-6-21(7-11-23)18-35-26(22-8-12-24(29)13-9-22)27(30)33-15-14-32(19-33)17-25(34)31-16-20-4-2-1-3-5-20/h1-15,26-27H,16-19H2,(H,31,34). The van der Waals surface area contributed by atoms with Crippen molar-refractivity contribution < 1.29 is 9.53 Å². The fourth-order valence-electron chi connectivity index (χ4n) is 3.71. The Morgan fingerprint density at radius 3 is 2.23 bits per heavy atom. The average Bonchev–Trinajstić information content (AvgIpc) is 3.34. The van der Waals surface area contributed by atoms with Crippen LogP contribution in [0.1, 0.15) is 22.8 Å². The quantitative estimate of drug-likeness (QED) is 0.251. The summed E-state index contributed by atoms with van der Waals surface area (Å²) < 4.78 is 6.28. The number of amides is 1. The summed E-state index contributed by atoms with van der Waals surface area (Å²) in [7, 11) is 0. The van der Waals surface area contributed by atoms with E-state index in [9.17, 15) is 4.79 Å². The SMILES string of the molecule is O=C(CN1C=CN(C(Cl)C(OCc2ccc(Cl)cc2)c2ccc(Cl)cc2)C1)NCc1ccccc1. The first-order valence-corrected chi connectivity index (χ1v) is 12.4. The van der Waals surface area contributed by atoms with Gasteiger partial charge in [-0.15, -0.1) is 0 Å². The van der Waals surface area contributed by atoms with E-state index >= 15 is 0 Å². The third kappa shape index (κ3) is 7.39. The van der Waals surface area contributed by atoms with E-state index in [4.69, 9.17) is 39.5 Å². The van der Waals surface area contributed by atoms with E-state index in [0.717, 1.165) is 16.7 Å². The number of halogens is 3. The Bertz CT molecular complexity index is 1120. The Kier molecular flexibility index (Phi) is 8.94. The minimum Gasteiger partial charge on any atom is -0.365 e. The van der Waals surface area contributed by atoms with E-state index in [1.165, 1.54) is 0 Å². The van der Waals surface area contributed by atoms with Gasteiger partial charge in [0, 0.05) is 29.0 Å². The number of hydrogen-bond donors (Lipinski definition) is 1. The van der Waals surface area contributed by atoms with Gasteiger partial charge in [-0.05, 0) is 41.0 Å². The van der Waals surface area contributed by atoms with Crippen LogP contribution < -0.4 is 5.32 Å². The molecule has 0 fully saturated rings. The zero-order chi connectivity index (χ0) is 24.6. The van der Waals surface area contributed by atoms with Gasteiger partial charge in [0.25, 0.3) is 0 Å². The van der Waals surface area contributed by atoms with Gasteiger partial charge in [0.15, 0.2) is 0 Å². The molecule has 1 amide bonds. The number of ether oxygens (including phenoxy) is 1. The van der Waals surface area contributed by atoms with Crippen LogP contribution in [0.3, 0.4) is 0 Å². The van der Waals surface area contributed by atoms with Crippen molar-refractivity contribution >= 4 is 40.7 Å². The number of carbonyl (C=O) groups excluding carboxylic acids is 1. The summed E-state index contributed by atoms with van der Waals surface area (Å²) in [6.45, 7) is 1.58. The van der Waals surface area contributed by atoms with Crippen molar-refractivity contribution in [3.05, 3.63) is 118 Å². The second-order valence-electron chi connectivity index (χ2n) is 8.25. The predicted molar refractivity (Wildman–Crippen MR) is 141 cm³/mol. The highest BCUT2D eigenvalue weighted by atomic mass is 35.5. The molecule has 0 saturated carbocycles. The van der Waals surface area contributed by atoms with Gasteiger partial charge in [-0.1, -0.05) is 89.4 Å². The van der Waals surface area contributed by atoms with Gasteiger partial charge in [0.2, 0.25) is 5.91 Å². The summed E-state index contributed by atoms with van der Waals surface area (Å²) in [4.78, 5) is 16.3. The molecule has 1 heterocycles. The first-order chi connectivity index (χ1) is 17.0. The molecule has 1 N–H and O–H groups in total. The van der Waals surface area contributed by atoms with Gasteiger partial charge in [-0.2, -0.15) is 0 Å². The fraction of sp³-hybridized carbons (Fsp3) is 0.222. The molecule has 0 aliphatic carbocycles. The lowest BCUT2D eigenvalue weighted by Crippen LogP contribution is -2.39. The predicted octanol–water partition coefficient (Wildman–Crippen LogP) is 6.18. The number of nitrogens with one attached hydrogen (secondary N) is 1. The first kappa shape index (κ1) is 25.4. The lowest BCUT2D eigenvalue weighted by atomic mass is 10.1. The molecule has 5 nitrogen and oxygen atoms in total. The molecular formula is C27H26Cl3N3O2. The summed E-state index contributed by atoms with van der Waals surface area (Å²) in [6, 6.07) is 24.8. The zero-order valence-electron chi connectivity index (χ0n) is 19.0. The van der Waals surface area contributed by atoms with Crippen LogP contribution in [0, 0.1) is 0 Å². The monoisotopic (exact) mass is 529 g/mol. The van der Waals surface area contributed by atoms with Crippen LogP contribution in [0.25, 0.3) is 0 Å². The summed E-state index contributed by atoms with van der Waals surface area (Å²) in [5.74, 6) is -0.0558. The molecule has 2 atom stereocenters. The smallest absolute Gasteiger partial charge is 0.239 e. The van der Waals surface area contributed by atoms with E-state index in [0.29, 0.717) is 29.9 Å². The highest BCUT2D eigenvalue weighted by Crippen LogP contribution is 2.31. The van der Waals surface area contributed by atoms with E-state index in [1.807, 2.05) is 101 Å². The number of alkyl halides is 1. The molecule has 0 spiro atoms. The summed E-state index contributed by atoms with van der Waals surface area (Å²) in [6.07, 6.45) is 3.33. The van der Waals surface area contributed by atoms with Crippen LogP contribution in [0.15, 0.2) is 91.3 Å². The minimum atomic E-state index is -0.503. The van der Waals surface area contributed by atoms with Crippen LogP contribution in [-0.4, -0.2) is 34.4 Å². The second-order valence-corrected chi connectivity index (χ2v) is 9.57. The molecule has 0 bridgehead atoms. The van der Waals surface area contributed by atoms with E-state index in [1.54, 1.807) is 0 Å². The second kappa shape index (κ2) is 12.3. The third-order valence-electron chi connectivity index (χ3n) is 5.60. The number of benzene rings is 3. The molecule has 0 radical (unpaired) electrons. The maximum atomic E-state index is 12.4. The normalized spacial score (nSPS) is 14.7. The maximum Gasteiger partial charge on any atom is 0.239 e. The topological polar surface area (TPSA) is 44.8 Å². The molecule has 8 heteroatoms. The van der Waals surface area contributed by atoms with Crippen LogP contribution in [0.2, 0.25) is 10.0 Å². The first-order valence-electron chi connectivity index (χ1n) is 11.2. The maximum absolute atomic E-state index is 12.4. The molecule has 3 aromatic carbocycles. The Hall–Kier alpha value is -2.70. The highest BCUT2D eigenvalue weighted by Gasteiger charge is 2.30.